The lowest BCUT2D eigenvalue weighted by atomic mass is 10.2. The first-order chi connectivity index (χ1) is 10.7. The number of carbonyl (C=O) groups excluding carboxylic acids is 2. The average molecular weight is 311 g/mol. The van der Waals surface area contributed by atoms with Crippen molar-refractivity contribution in [2.75, 3.05) is 0 Å². The van der Waals surface area contributed by atoms with Gasteiger partial charge in [0.2, 0.25) is 0 Å². The van der Waals surface area contributed by atoms with E-state index in [0.717, 1.165) is 17.3 Å². The van der Waals surface area contributed by atoms with Crippen LogP contribution in [0.1, 0.15) is 11.3 Å². The normalized spacial score (nSPS) is 17.1. The van der Waals surface area contributed by atoms with E-state index in [0.29, 0.717) is 17.2 Å². The minimum Gasteiger partial charge on any atom is -0.465 e. The Labute approximate surface area is 132 Å². The van der Waals surface area contributed by atoms with Gasteiger partial charge < -0.3 is 4.42 Å². The van der Waals surface area contributed by atoms with Gasteiger partial charge in [0, 0.05) is 0 Å². The van der Waals surface area contributed by atoms with E-state index in [-0.39, 0.29) is 11.1 Å². The van der Waals surface area contributed by atoms with Crippen LogP contribution in [0.15, 0.2) is 70.2 Å². The molecule has 2 aromatic rings. The van der Waals surface area contributed by atoms with Gasteiger partial charge in [0.25, 0.3) is 11.1 Å². The van der Waals surface area contributed by atoms with Crippen LogP contribution in [0.3, 0.4) is 0 Å². The molecular weight excluding hydrogens is 298 g/mol. The fraction of sp³-hybridized carbons (Fsp3) is 0.0588. The van der Waals surface area contributed by atoms with E-state index in [9.17, 15) is 9.59 Å². The lowest BCUT2D eigenvalue weighted by Crippen LogP contribution is -2.27. The molecule has 0 N–H and O–H groups in total. The van der Waals surface area contributed by atoms with Gasteiger partial charge in [-0.2, -0.15) is 0 Å². The molecule has 0 atom stereocenters. The Morgan fingerprint density at radius 3 is 2.64 bits per heavy atom. The minimum atomic E-state index is -0.261. The third-order valence-electron chi connectivity index (χ3n) is 3.11. The first kappa shape index (κ1) is 14.4. The number of benzene rings is 1. The molecule has 1 saturated heterocycles. The summed E-state index contributed by atoms with van der Waals surface area (Å²) in [5.74, 6) is 0.433. The molecule has 4 nitrogen and oxygen atoms in total. The lowest BCUT2D eigenvalue weighted by molar-refractivity contribution is -0.123. The second kappa shape index (κ2) is 6.49. The first-order valence-corrected chi connectivity index (χ1v) is 7.55. The fourth-order valence-corrected chi connectivity index (χ4v) is 2.82. The predicted octanol–water partition coefficient (Wildman–Crippen LogP) is 4.07. The van der Waals surface area contributed by atoms with E-state index in [4.69, 9.17) is 4.42 Å². The lowest BCUT2D eigenvalue weighted by Gasteiger charge is -2.11. The predicted molar refractivity (Wildman–Crippen MR) is 85.8 cm³/mol. The van der Waals surface area contributed by atoms with E-state index in [1.807, 2.05) is 36.4 Å². The Bertz CT molecular complexity index is 733. The highest BCUT2D eigenvalue weighted by molar-refractivity contribution is 8.18. The molecule has 0 saturated carbocycles. The molecule has 0 spiro atoms. The number of imide groups is 1. The average Bonchev–Trinajstić information content (AvgIpc) is 3.13. The quantitative estimate of drug-likeness (QED) is 0.799. The molecular formula is C17H13NO3S. The van der Waals surface area contributed by atoms with Crippen molar-refractivity contribution in [2.45, 2.75) is 6.54 Å². The van der Waals surface area contributed by atoms with Crippen molar-refractivity contribution >= 4 is 29.0 Å². The Morgan fingerprint density at radius 2 is 1.91 bits per heavy atom. The van der Waals surface area contributed by atoms with Crippen LogP contribution < -0.4 is 0 Å². The maximum absolute atomic E-state index is 12.3. The van der Waals surface area contributed by atoms with Gasteiger partial charge >= 0.3 is 0 Å². The maximum atomic E-state index is 12.3. The second-order valence-corrected chi connectivity index (χ2v) is 5.64. The SMILES string of the molecule is O=C1S/C(=C\C=C\c2ccco2)C(=O)N1Cc1ccccc1. The molecule has 3 rings (SSSR count). The number of hydrogen-bond donors (Lipinski definition) is 0. The highest BCUT2D eigenvalue weighted by Gasteiger charge is 2.34. The fourth-order valence-electron chi connectivity index (χ4n) is 2.03. The van der Waals surface area contributed by atoms with Gasteiger partial charge in [0.1, 0.15) is 5.76 Å². The number of hydrogen-bond acceptors (Lipinski definition) is 4. The molecule has 0 unspecified atom stereocenters. The van der Waals surface area contributed by atoms with Crippen LogP contribution in [0.25, 0.3) is 6.08 Å². The van der Waals surface area contributed by atoms with Crippen molar-refractivity contribution in [1.82, 2.24) is 4.90 Å². The van der Waals surface area contributed by atoms with Crippen LogP contribution in [0.4, 0.5) is 4.79 Å². The van der Waals surface area contributed by atoms with Crippen LogP contribution in [0, 0.1) is 0 Å². The third kappa shape index (κ3) is 3.20. The summed E-state index contributed by atoms with van der Waals surface area (Å²) in [7, 11) is 0. The van der Waals surface area contributed by atoms with E-state index in [1.54, 1.807) is 30.6 Å². The minimum absolute atomic E-state index is 0.244. The zero-order valence-corrected chi connectivity index (χ0v) is 12.5. The number of rotatable bonds is 4. The number of furan rings is 1. The monoisotopic (exact) mass is 311 g/mol. The Kier molecular flexibility index (Phi) is 4.25. The van der Waals surface area contributed by atoms with Gasteiger partial charge in [-0.25, -0.2) is 0 Å². The molecule has 1 aliphatic rings. The zero-order chi connectivity index (χ0) is 15.4. The van der Waals surface area contributed by atoms with Crippen molar-refractivity contribution < 1.29 is 14.0 Å². The molecule has 0 radical (unpaired) electrons. The summed E-state index contributed by atoms with van der Waals surface area (Å²) in [6, 6.07) is 13.1. The van der Waals surface area contributed by atoms with Gasteiger partial charge in [-0.3, -0.25) is 14.5 Å². The van der Waals surface area contributed by atoms with Gasteiger partial charge in [-0.15, -0.1) is 0 Å². The number of thioether (sulfide) groups is 1. The van der Waals surface area contributed by atoms with Crippen LogP contribution in [-0.4, -0.2) is 16.0 Å². The van der Waals surface area contributed by atoms with Gasteiger partial charge in [-0.05, 0) is 41.6 Å². The number of nitrogens with zero attached hydrogens (tertiary/aromatic N) is 1. The van der Waals surface area contributed by atoms with Crippen molar-refractivity contribution in [3.63, 3.8) is 0 Å². The highest BCUT2D eigenvalue weighted by atomic mass is 32.2. The van der Waals surface area contributed by atoms with E-state index in [2.05, 4.69) is 0 Å². The van der Waals surface area contributed by atoms with Crippen molar-refractivity contribution in [1.29, 1.82) is 0 Å². The van der Waals surface area contributed by atoms with Gasteiger partial charge in [-0.1, -0.05) is 36.4 Å². The summed E-state index contributed by atoms with van der Waals surface area (Å²) in [5.41, 5.74) is 0.928. The zero-order valence-electron chi connectivity index (χ0n) is 11.6. The van der Waals surface area contributed by atoms with Crippen molar-refractivity contribution in [2.24, 2.45) is 0 Å². The smallest absolute Gasteiger partial charge is 0.293 e. The summed E-state index contributed by atoms with van der Waals surface area (Å²) in [6.45, 7) is 0.296. The topological polar surface area (TPSA) is 50.5 Å². The molecule has 2 heterocycles. The summed E-state index contributed by atoms with van der Waals surface area (Å²) < 4.78 is 5.16. The largest absolute Gasteiger partial charge is 0.465 e. The third-order valence-corrected chi connectivity index (χ3v) is 4.03. The number of carbonyl (C=O) groups is 2. The van der Waals surface area contributed by atoms with Crippen molar-refractivity contribution in [3.8, 4) is 0 Å². The summed E-state index contributed by atoms with van der Waals surface area (Å²) in [5, 5.41) is -0.244. The molecule has 0 bridgehead atoms. The molecule has 1 fully saturated rings. The Hall–Kier alpha value is -2.53. The van der Waals surface area contributed by atoms with Crippen LogP contribution >= 0.6 is 11.8 Å². The van der Waals surface area contributed by atoms with E-state index >= 15 is 0 Å². The van der Waals surface area contributed by atoms with E-state index in [1.165, 1.54) is 4.90 Å². The van der Waals surface area contributed by atoms with Crippen molar-refractivity contribution in [3.05, 3.63) is 77.1 Å². The summed E-state index contributed by atoms with van der Waals surface area (Å²) in [6.07, 6.45) is 6.66. The molecule has 1 aromatic carbocycles. The van der Waals surface area contributed by atoms with Crippen LogP contribution in [0.5, 0.6) is 0 Å². The molecule has 1 aliphatic heterocycles. The van der Waals surface area contributed by atoms with Crippen LogP contribution in [-0.2, 0) is 11.3 Å². The summed E-state index contributed by atoms with van der Waals surface area (Å²) >= 11 is 0.955. The van der Waals surface area contributed by atoms with E-state index < -0.39 is 0 Å². The maximum Gasteiger partial charge on any atom is 0.293 e. The standard InChI is InChI=1S/C17H13NO3S/c19-16-15(10-4-8-14-9-5-11-21-14)22-17(20)18(16)12-13-6-2-1-3-7-13/h1-11H,12H2/b8-4+,15-10-. The number of amides is 2. The second-order valence-electron chi connectivity index (χ2n) is 4.65. The summed E-state index contributed by atoms with van der Waals surface area (Å²) in [4.78, 5) is 25.9. The molecule has 5 heteroatoms. The first-order valence-electron chi connectivity index (χ1n) is 6.73. The van der Waals surface area contributed by atoms with Crippen LogP contribution in [0.2, 0.25) is 0 Å². The molecule has 1 aromatic heterocycles. The molecule has 2 amide bonds. The molecule has 22 heavy (non-hydrogen) atoms. The highest BCUT2D eigenvalue weighted by Crippen LogP contribution is 2.31. The molecule has 0 aliphatic carbocycles. The Balaban J connectivity index is 1.71. The van der Waals surface area contributed by atoms with Gasteiger partial charge in [0.15, 0.2) is 0 Å². The molecule has 110 valence electrons. The Morgan fingerprint density at radius 1 is 1.09 bits per heavy atom. The van der Waals surface area contributed by atoms with Gasteiger partial charge in [0.05, 0.1) is 17.7 Å². The number of allylic oxidation sites excluding steroid dienone is 2.